The van der Waals surface area contributed by atoms with Crippen molar-refractivity contribution in [2.45, 2.75) is 5.16 Å². The van der Waals surface area contributed by atoms with E-state index < -0.39 is 5.97 Å². The van der Waals surface area contributed by atoms with E-state index in [1.54, 1.807) is 14.2 Å². The number of carboxylic acids is 1. The molecule has 0 atom stereocenters. The molecule has 0 aliphatic carbocycles. The third kappa shape index (κ3) is 3.65. The minimum atomic E-state index is -0.918. The number of nitrogens with zero attached hydrogens (tertiary/aromatic N) is 3. The van der Waals surface area contributed by atoms with Crippen LogP contribution >= 0.6 is 11.8 Å². The average molecular weight is 371 g/mol. The second-order valence-corrected chi connectivity index (χ2v) is 6.16. The van der Waals surface area contributed by atoms with E-state index in [4.69, 9.17) is 14.6 Å². The highest BCUT2D eigenvalue weighted by Crippen LogP contribution is 2.33. The molecule has 0 fully saturated rings. The van der Waals surface area contributed by atoms with Gasteiger partial charge in [-0.25, -0.2) is 0 Å². The minimum Gasteiger partial charge on any atom is -0.497 e. The highest BCUT2D eigenvalue weighted by atomic mass is 32.2. The molecule has 0 saturated heterocycles. The van der Waals surface area contributed by atoms with Gasteiger partial charge >= 0.3 is 5.97 Å². The maximum Gasteiger partial charge on any atom is 0.313 e. The van der Waals surface area contributed by atoms with Crippen molar-refractivity contribution in [1.29, 1.82) is 0 Å². The lowest BCUT2D eigenvalue weighted by Crippen LogP contribution is -2.03. The molecular formula is C18H17N3O4S. The van der Waals surface area contributed by atoms with Crippen LogP contribution in [0.4, 0.5) is 0 Å². The Bertz CT molecular complexity index is 909. The molecule has 3 rings (SSSR count). The summed E-state index contributed by atoms with van der Waals surface area (Å²) in [6, 6.07) is 14.9. The van der Waals surface area contributed by atoms with Gasteiger partial charge in [-0.15, -0.1) is 10.2 Å². The zero-order chi connectivity index (χ0) is 18.5. The van der Waals surface area contributed by atoms with Gasteiger partial charge in [0.2, 0.25) is 0 Å². The fraction of sp³-hybridized carbons (Fsp3) is 0.167. The van der Waals surface area contributed by atoms with E-state index >= 15 is 0 Å². The second kappa shape index (κ2) is 7.92. The van der Waals surface area contributed by atoms with Crippen molar-refractivity contribution in [3.05, 3.63) is 48.5 Å². The lowest BCUT2D eigenvalue weighted by molar-refractivity contribution is -0.133. The Morgan fingerprint density at radius 1 is 1.08 bits per heavy atom. The van der Waals surface area contributed by atoms with Gasteiger partial charge in [0.05, 0.1) is 31.2 Å². The first-order chi connectivity index (χ1) is 12.6. The number of carboxylic acid groups (broad SMARTS) is 1. The molecule has 0 unspecified atom stereocenters. The number of benzene rings is 2. The number of aromatic nitrogens is 3. The van der Waals surface area contributed by atoms with Crippen molar-refractivity contribution in [2.24, 2.45) is 0 Å². The smallest absolute Gasteiger partial charge is 0.313 e. The summed E-state index contributed by atoms with van der Waals surface area (Å²) in [5.74, 6) is 0.920. The van der Waals surface area contributed by atoms with Crippen molar-refractivity contribution in [2.75, 3.05) is 20.0 Å². The number of hydrogen-bond acceptors (Lipinski definition) is 6. The van der Waals surface area contributed by atoms with Crippen molar-refractivity contribution in [3.63, 3.8) is 0 Å². The summed E-state index contributed by atoms with van der Waals surface area (Å²) in [6.45, 7) is 0. The van der Waals surface area contributed by atoms with Crippen molar-refractivity contribution in [3.8, 4) is 28.6 Å². The molecule has 134 valence electrons. The summed E-state index contributed by atoms with van der Waals surface area (Å²) >= 11 is 1.11. The van der Waals surface area contributed by atoms with Crippen LogP contribution in [0.25, 0.3) is 17.1 Å². The topological polar surface area (TPSA) is 86.5 Å². The highest BCUT2D eigenvalue weighted by molar-refractivity contribution is 7.99. The van der Waals surface area contributed by atoms with E-state index in [1.165, 1.54) is 0 Å². The molecular weight excluding hydrogens is 354 g/mol. The standard InChI is InChI=1S/C18H17N3O4S/c1-24-13-9-7-12(8-10-13)21-17(14-5-3-4-6-15(14)25-2)19-20-18(21)26-11-16(22)23/h3-10H,11H2,1-2H3,(H,22,23). The van der Waals surface area contributed by atoms with Gasteiger partial charge in [0.25, 0.3) is 0 Å². The Balaban J connectivity index is 2.13. The van der Waals surface area contributed by atoms with Crippen molar-refractivity contribution >= 4 is 17.7 Å². The van der Waals surface area contributed by atoms with E-state index in [0.717, 1.165) is 28.8 Å². The fourth-order valence-corrected chi connectivity index (χ4v) is 3.13. The molecule has 1 heterocycles. The van der Waals surface area contributed by atoms with Gasteiger partial charge in [0.1, 0.15) is 11.5 Å². The summed E-state index contributed by atoms with van der Waals surface area (Å²) < 4.78 is 12.4. The zero-order valence-electron chi connectivity index (χ0n) is 14.2. The Labute approximate surface area is 154 Å². The number of hydrogen-bond donors (Lipinski definition) is 1. The molecule has 7 nitrogen and oxygen atoms in total. The molecule has 1 aromatic heterocycles. The van der Waals surface area contributed by atoms with Crippen molar-refractivity contribution in [1.82, 2.24) is 14.8 Å². The van der Waals surface area contributed by atoms with Crippen LogP contribution in [0, 0.1) is 0 Å². The van der Waals surface area contributed by atoms with Crippen LogP contribution in [0.15, 0.2) is 53.7 Å². The molecule has 0 saturated carbocycles. The number of aliphatic carboxylic acids is 1. The lowest BCUT2D eigenvalue weighted by Gasteiger charge is -2.12. The minimum absolute atomic E-state index is 0.111. The lowest BCUT2D eigenvalue weighted by atomic mass is 10.2. The first kappa shape index (κ1) is 17.8. The van der Waals surface area contributed by atoms with Gasteiger partial charge in [-0.05, 0) is 36.4 Å². The van der Waals surface area contributed by atoms with Crippen LogP contribution in [-0.2, 0) is 4.79 Å². The first-order valence-electron chi connectivity index (χ1n) is 7.72. The average Bonchev–Trinajstić information content (AvgIpc) is 3.10. The largest absolute Gasteiger partial charge is 0.497 e. The quantitative estimate of drug-likeness (QED) is 0.639. The van der Waals surface area contributed by atoms with E-state index in [-0.39, 0.29) is 5.75 Å². The monoisotopic (exact) mass is 371 g/mol. The highest BCUT2D eigenvalue weighted by Gasteiger charge is 2.19. The summed E-state index contributed by atoms with van der Waals surface area (Å²) in [7, 11) is 3.19. The van der Waals surface area contributed by atoms with Crippen LogP contribution in [0.1, 0.15) is 0 Å². The van der Waals surface area contributed by atoms with E-state index in [1.807, 2.05) is 53.1 Å². The molecule has 0 bridgehead atoms. The molecule has 8 heteroatoms. The van der Waals surface area contributed by atoms with Crippen LogP contribution in [0.3, 0.4) is 0 Å². The predicted molar refractivity (Wildman–Crippen MR) is 98.3 cm³/mol. The Hall–Kier alpha value is -3.00. The Morgan fingerprint density at radius 3 is 2.46 bits per heavy atom. The number of methoxy groups -OCH3 is 2. The molecule has 2 aromatic carbocycles. The molecule has 0 aliphatic rings. The number of para-hydroxylation sites is 1. The molecule has 0 spiro atoms. The number of ether oxygens (including phenoxy) is 2. The third-order valence-corrected chi connectivity index (χ3v) is 4.55. The summed E-state index contributed by atoms with van der Waals surface area (Å²) in [5.41, 5.74) is 1.56. The molecule has 3 aromatic rings. The fourth-order valence-electron chi connectivity index (χ4n) is 2.46. The number of carbonyl (C=O) groups is 1. The third-order valence-electron chi connectivity index (χ3n) is 3.64. The van der Waals surface area contributed by atoms with Gasteiger partial charge < -0.3 is 14.6 Å². The zero-order valence-corrected chi connectivity index (χ0v) is 15.1. The summed E-state index contributed by atoms with van der Waals surface area (Å²) in [6.07, 6.45) is 0. The van der Waals surface area contributed by atoms with Crippen LogP contribution in [0.2, 0.25) is 0 Å². The molecule has 26 heavy (non-hydrogen) atoms. The summed E-state index contributed by atoms with van der Waals surface area (Å²) in [5, 5.41) is 17.9. The van der Waals surface area contributed by atoms with Gasteiger partial charge in [0, 0.05) is 0 Å². The van der Waals surface area contributed by atoms with Gasteiger partial charge in [-0.3, -0.25) is 9.36 Å². The van der Waals surface area contributed by atoms with Gasteiger partial charge in [0.15, 0.2) is 11.0 Å². The Kier molecular flexibility index (Phi) is 5.43. The molecule has 0 aliphatic heterocycles. The first-order valence-corrected chi connectivity index (χ1v) is 8.70. The van der Waals surface area contributed by atoms with Gasteiger partial charge in [-0.1, -0.05) is 23.9 Å². The van der Waals surface area contributed by atoms with Gasteiger partial charge in [-0.2, -0.15) is 0 Å². The molecule has 1 N–H and O–H groups in total. The summed E-state index contributed by atoms with van der Waals surface area (Å²) in [4.78, 5) is 11.0. The second-order valence-electron chi connectivity index (χ2n) is 5.22. The Morgan fingerprint density at radius 2 is 1.81 bits per heavy atom. The predicted octanol–water partition coefficient (Wildman–Crippen LogP) is 3.13. The van der Waals surface area contributed by atoms with Crippen LogP contribution in [0.5, 0.6) is 11.5 Å². The number of thioether (sulfide) groups is 1. The SMILES string of the molecule is COc1ccc(-n2c(SCC(=O)O)nnc2-c2ccccc2OC)cc1. The van der Waals surface area contributed by atoms with E-state index in [0.29, 0.717) is 16.7 Å². The normalized spacial score (nSPS) is 10.5. The van der Waals surface area contributed by atoms with Crippen LogP contribution in [-0.4, -0.2) is 45.8 Å². The van der Waals surface area contributed by atoms with E-state index in [9.17, 15) is 4.79 Å². The van der Waals surface area contributed by atoms with Crippen LogP contribution < -0.4 is 9.47 Å². The molecule has 0 amide bonds. The maximum atomic E-state index is 11.0. The van der Waals surface area contributed by atoms with E-state index in [2.05, 4.69) is 10.2 Å². The molecule has 0 radical (unpaired) electrons. The number of rotatable bonds is 7. The van der Waals surface area contributed by atoms with Crippen molar-refractivity contribution < 1.29 is 19.4 Å². The maximum absolute atomic E-state index is 11.0.